The molecular formula is C6H9N2+. The summed E-state index contributed by atoms with van der Waals surface area (Å²) < 4.78 is 0. The summed E-state index contributed by atoms with van der Waals surface area (Å²) in [6.07, 6.45) is 6.52. The van der Waals surface area contributed by atoms with Gasteiger partial charge in [-0.25, -0.2) is 0 Å². The summed E-state index contributed by atoms with van der Waals surface area (Å²) in [6.45, 7) is 2.10. The summed E-state index contributed by atoms with van der Waals surface area (Å²) >= 11 is 0. The highest BCUT2D eigenvalue weighted by molar-refractivity contribution is 4.97. The second-order valence-corrected chi connectivity index (χ2v) is 1.65. The van der Waals surface area contributed by atoms with Gasteiger partial charge >= 0.3 is 0 Å². The highest BCUT2D eigenvalue weighted by atomic mass is 14.8. The third kappa shape index (κ3) is 1.03. The molecule has 2 nitrogen and oxygen atoms in total. The first kappa shape index (κ1) is 5.22. The average Bonchev–Trinajstić information content (AvgIpc) is 1.90. The van der Waals surface area contributed by atoms with Crippen LogP contribution in [0.25, 0.3) is 0 Å². The molecule has 0 bridgehead atoms. The van der Waals surface area contributed by atoms with Gasteiger partial charge in [-0.2, -0.15) is 0 Å². The Kier molecular flexibility index (Phi) is 1.57. The molecule has 8 heavy (non-hydrogen) atoms. The third-order valence-corrected chi connectivity index (χ3v) is 1.07. The van der Waals surface area contributed by atoms with E-state index in [4.69, 9.17) is 0 Å². The van der Waals surface area contributed by atoms with Gasteiger partial charge in [-0.15, -0.1) is 0 Å². The Morgan fingerprint density at radius 2 is 2.62 bits per heavy atom. The van der Waals surface area contributed by atoms with E-state index in [-0.39, 0.29) is 0 Å². The van der Waals surface area contributed by atoms with Gasteiger partial charge in [0.05, 0.1) is 6.20 Å². The molecule has 1 rings (SSSR count). The first-order valence-electron chi connectivity index (χ1n) is 2.73. The van der Waals surface area contributed by atoms with Gasteiger partial charge in [0.1, 0.15) is 6.20 Å². The highest BCUT2D eigenvalue weighted by Gasteiger charge is 1.88. The van der Waals surface area contributed by atoms with Crippen molar-refractivity contribution >= 4 is 0 Å². The normalized spacial score (nSPS) is 9.12. The van der Waals surface area contributed by atoms with E-state index >= 15 is 0 Å². The molecule has 0 aromatic carbocycles. The molecule has 1 aromatic heterocycles. The second kappa shape index (κ2) is 2.40. The number of aryl methyl sites for hydroxylation is 1. The lowest BCUT2D eigenvalue weighted by Crippen LogP contribution is -2.02. The molecule has 0 aliphatic carbocycles. The monoisotopic (exact) mass is 109 g/mol. The number of hydrogen-bond donors (Lipinski definition) is 0. The summed E-state index contributed by atoms with van der Waals surface area (Å²) in [5, 5.41) is 0. The van der Waals surface area contributed by atoms with Gasteiger partial charge in [0, 0.05) is 5.56 Å². The van der Waals surface area contributed by atoms with Crippen LogP contribution in [-0.2, 0) is 6.42 Å². The Bertz CT molecular complexity index is 148. The van der Waals surface area contributed by atoms with Crippen molar-refractivity contribution in [3.63, 3.8) is 0 Å². The van der Waals surface area contributed by atoms with Crippen LogP contribution in [0.1, 0.15) is 12.5 Å². The van der Waals surface area contributed by atoms with E-state index in [1.807, 2.05) is 12.4 Å². The Morgan fingerprint density at radius 3 is 3.00 bits per heavy atom. The molecule has 0 fully saturated rings. The molecular weight excluding hydrogens is 100 g/mol. The quantitative estimate of drug-likeness (QED) is 0.514. The van der Waals surface area contributed by atoms with Crippen LogP contribution in [0.4, 0.5) is 0 Å². The number of rotatable bonds is 1. The number of nitrogens with one attached hydrogen (secondary N) is 1. The maximum absolute atomic E-state index is 3.90. The number of nitrogens with zero attached hydrogens (tertiary/aromatic N) is 1. The average molecular weight is 109 g/mol. The highest BCUT2D eigenvalue weighted by Crippen LogP contribution is 1.88. The molecule has 0 radical (unpaired) electrons. The predicted molar refractivity (Wildman–Crippen MR) is 30.2 cm³/mol. The van der Waals surface area contributed by atoms with Crippen molar-refractivity contribution in [2.24, 2.45) is 0 Å². The van der Waals surface area contributed by atoms with Gasteiger partial charge < -0.3 is 0 Å². The van der Waals surface area contributed by atoms with Crippen molar-refractivity contribution in [3.8, 4) is 0 Å². The number of aromatic amines is 1. The molecule has 0 atom stereocenters. The zero-order valence-electron chi connectivity index (χ0n) is 4.89. The lowest BCUT2D eigenvalue weighted by molar-refractivity contribution is -0.383. The maximum Gasteiger partial charge on any atom is 0.283 e. The maximum atomic E-state index is 3.90. The molecule has 1 aromatic rings. The zero-order chi connectivity index (χ0) is 5.82. The summed E-state index contributed by atoms with van der Waals surface area (Å²) in [5.74, 6) is 0. The zero-order valence-corrected chi connectivity index (χ0v) is 4.89. The van der Waals surface area contributed by atoms with Crippen LogP contribution in [0.5, 0.6) is 0 Å². The van der Waals surface area contributed by atoms with Crippen LogP contribution in [0.15, 0.2) is 18.7 Å². The molecule has 1 heterocycles. The van der Waals surface area contributed by atoms with Crippen LogP contribution in [0, 0.1) is 0 Å². The fraction of sp³-hybridized carbons (Fsp3) is 0.333. The van der Waals surface area contributed by atoms with E-state index < -0.39 is 0 Å². The van der Waals surface area contributed by atoms with E-state index in [0.29, 0.717) is 0 Å². The number of hydrogen-bond acceptors (Lipinski definition) is 1. The smallest absolute Gasteiger partial charge is 0.250 e. The van der Waals surface area contributed by atoms with Crippen LogP contribution in [-0.4, -0.2) is 4.98 Å². The van der Waals surface area contributed by atoms with E-state index in [0.717, 1.165) is 6.42 Å². The Hall–Kier alpha value is -0.920. The van der Waals surface area contributed by atoms with Gasteiger partial charge in [-0.1, -0.05) is 11.9 Å². The summed E-state index contributed by atoms with van der Waals surface area (Å²) in [4.78, 5) is 6.80. The Morgan fingerprint density at radius 1 is 1.75 bits per heavy atom. The molecule has 0 aliphatic rings. The van der Waals surface area contributed by atoms with Crippen molar-refractivity contribution in [1.29, 1.82) is 0 Å². The summed E-state index contributed by atoms with van der Waals surface area (Å²) in [6, 6.07) is 0. The molecule has 0 saturated carbocycles. The van der Waals surface area contributed by atoms with Gasteiger partial charge in [-0.3, -0.25) is 4.98 Å². The predicted octanol–water partition coefficient (Wildman–Crippen LogP) is 0.458. The van der Waals surface area contributed by atoms with Crippen LogP contribution < -0.4 is 4.98 Å². The second-order valence-electron chi connectivity index (χ2n) is 1.65. The lowest BCUT2D eigenvalue weighted by atomic mass is 10.3. The van der Waals surface area contributed by atoms with Crippen molar-refractivity contribution < 1.29 is 4.98 Å². The topological polar surface area (TPSA) is 27.0 Å². The molecule has 0 saturated heterocycles. The van der Waals surface area contributed by atoms with Crippen molar-refractivity contribution in [2.45, 2.75) is 13.3 Å². The van der Waals surface area contributed by atoms with Gasteiger partial charge in [0.2, 0.25) is 0 Å². The van der Waals surface area contributed by atoms with Gasteiger partial charge in [0.15, 0.2) is 0 Å². The van der Waals surface area contributed by atoms with Crippen molar-refractivity contribution in [2.75, 3.05) is 0 Å². The Labute approximate surface area is 48.6 Å². The standard InChI is InChI=1S/C6H8N2/c1-2-6-3-7-5-8-4-6/h3-5H,2H2,1H3/p+1. The van der Waals surface area contributed by atoms with Crippen LogP contribution in [0.2, 0.25) is 0 Å². The number of H-pyrrole nitrogens is 1. The molecule has 0 aliphatic heterocycles. The number of aromatic nitrogens is 2. The van der Waals surface area contributed by atoms with Crippen molar-refractivity contribution in [1.82, 2.24) is 4.98 Å². The minimum Gasteiger partial charge on any atom is -0.250 e. The summed E-state index contributed by atoms with van der Waals surface area (Å²) in [5.41, 5.74) is 1.24. The largest absolute Gasteiger partial charge is 0.283 e. The van der Waals surface area contributed by atoms with Gasteiger partial charge in [-0.05, 0) is 6.42 Å². The fourth-order valence-corrected chi connectivity index (χ4v) is 0.551. The van der Waals surface area contributed by atoms with Gasteiger partial charge in [0.25, 0.3) is 6.33 Å². The van der Waals surface area contributed by atoms with Crippen molar-refractivity contribution in [3.05, 3.63) is 24.3 Å². The van der Waals surface area contributed by atoms with E-state index in [1.54, 1.807) is 6.33 Å². The lowest BCUT2D eigenvalue weighted by Gasteiger charge is -1.82. The SMILES string of the molecule is CCc1cnc[nH+]c1. The fourth-order valence-electron chi connectivity index (χ4n) is 0.551. The molecule has 0 amide bonds. The molecule has 0 unspecified atom stereocenters. The molecule has 1 N–H and O–H groups in total. The molecule has 42 valence electrons. The van der Waals surface area contributed by atoms with E-state index in [2.05, 4.69) is 16.9 Å². The van der Waals surface area contributed by atoms with E-state index in [9.17, 15) is 0 Å². The molecule has 2 heteroatoms. The van der Waals surface area contributed by atoms with Crippen LogP contribution >= 0.6 is 0 Å². The molecule has 0 spiro atoms. The summed E-state index contributed by atoms with van der Waals surface area (Å²) in [7, 11) is 0. The first-order chi connectivity index (χ1) is 3.93. The minimum absolute atomic E-state index is 1.05. The third-order valence-electron chi connectivity index (χ3n) is 1.07. The van der Waals surface area contributed by atoms with Crippen LogP contribution in [0.3, 0.4) is 0 Å². The first-order valence-corrected chi connectivity index (χ1v) is 2.73. The Balaban J connectivity index is 2.83. The van der Waals surface area contributed by atoms with E-state index in [1.165, 1.54) is 5.56 Å². The minimum atomic E-state index is 1.05.